The lowest BCUT2D eigenvalue weighted by Gasteiger charge is -2.25. The molecule has 29 heavy (non-hydrogen) atoms. The van der Waals surface area contributed by atoms with Gasteiger partial charge in [-0.15, -0.1) is 10.2 Å². The van der Waals surface area contributed by atoms with Gasteiger partial charge >= 0.3 is 0 Å². The van der Waals surface area contributed by atoms with E-state index < -0.39 is 5.82 Å². The van der Waals surface area contributed by atoms with E-state index in [9.17, 15) is 9.18 Å². The van der Waals surface area contributed by atoms with Crippen molar-refractivity contribution in [1.29, 1.82) is 0 Å². The maximum atomic E-state index is 13.4. The van der Waals surface area contributed by atoms with Crippen LogP contribution < -0.4 is 5.32 Å². The minimum Gasteiger partial charge on any atom is -0.319 e. The van der Waals surface area contributed by atoms with Gasteiger partial charge in [-0.2, -0.15) is 0 Å². The molecule has 1 N–H and O–H groups in total. The van der Waals surface area contributed by atoms with Gasteiger partial charge < -0.3 is 9.88 Å². The van der Waals surface area contributed by atoms with Crippen molar-refractivity contribution in [3.05, 3.63) is 71.8 Å². The molecule has 0 saturated carbocycles. The summed E-state index contributed by atoms with van der Waals surface area (Å²) in [7, 11) is 0. The third-order valence-electron chi connectivity index (χ3n) is 5.76. The summed E-state index contributed by atoms with van der Waals surface area (Å²) in [5, 5.41) is 11.1. The van der Waals surface area contributed by atoms with Crippen LogP contribution >= 0.6 is 0 Å². The van der Waals surface area contributed by atoms with Crippen molar-refractivity contribution in [2.75, 3.05) is 18.4 Å². The molecule has 2 aliphatic rings. The zero-order chi connectivity index (χ0) is 19.8. The minimum atomic E-state index is -0.395. The lowest BCUT2D eigenvalue weighted by Crippen LogP contribution is -2.31. The number of benzene rings is 1. The van der Waals surface area contributed by atoms with Crippen LogP contribution in [-0.4, -0.2) is 43.6 Å². The lowest BCUT2D eigenvalue weighted by molar-refractivity contribution is 0.100. The number of hydrogen-bond donors (Lipinski definition) is 1. The summed E-state index contributed by atoms with van der Waals surface area (Å²) < 4.78 is 15.3. The average molecular weight is 392 g/mol. The number of rotatable bonds is 4. The van der Waals surface area contributed by atoms with E-state index in [1.54, 1.807) is 18.3 Å². The number of aromatic nitrogens is 4. The van der Waals surface area contributed by atoms with E-state index in [0.29, 0.717) is 17.5 Å². The van der Waals surface area contributed by atoms with Crippen LogP contribution in [0.3, 0.4) is 0 Å². The molecule has 2 atom stereocenters. The molecule has 1 aromatic carbocycles. The summed E-state index contributed by atoms with van der Waals surface area (Å²) >= 11 is 0. The van der Waals surface area contributed by atoms with E-state index in [4.69, 9.17) is 0 Å². The monoisotopic (exact) mass is 392 g/mol. The number of fused-ring (bicyclic) bond motifs is 2. The van der Waals surface area contributed by atoms with E-state index in [2.05, 4.69) is 31.5 Å². The lowest BCUT2D eigenvalue weighted by atomic mass is 9.89. The maximum absolute atomic E-state index is 13.4. The number of nitrogens with zero attached hydrogens (tertiary/aromatic N) is 5. The maximum Gasteiger partial charge on any atom is 0.293 e. The molecule has 4 heterocycles. The van der Waals surface area contributed by atoms with E-state index in [1.165, 1.54) is 17.7 Å². The number of likely N-dealkylation sites (tertiary alicyclic amines) is 1. The third kappa shape index (κ3) is 3.63. The number of anilines is 1. The van der Waals surface area contributed by atoms with E-state index >= 15 is 0 Å². The highest BCUT2D eigenvalue weighted by Crippen LogP contribution is 2.33. The Morgan fingerprint density at radius 2 is 2.03 bits per heavy atom. The van der Waals surface area contributed by atoms with Crippen molar-refractivity contribution < 1.29 is 9.18 Å². The first kappa shape index (κ1) is 17.9. The van der Waals surface area contributed by atoms with Crippen LogP contribution in [0.5, 0.6) is 0 Å². The number of hydrogen-bond acceptors (Lipinski definition) is 5. The summed E-state index contributed by atoms with van der Waals surface area (Å²) in [5.41, 5.74) is 1.62. The van der Waals surface area contributed by atoms with Crippen LogP contribution in [0, 0.1) is 17.7 Å². The topological polar surface area (TPSA) is 75.9 Å². The van der Waals surface area contributed by atoms with Gasteiger partial charge in [-0.25, -0.2) is 4.39 Å². The highest BCUT2D eigenvalue weighted by Gasteiger charge is 2.39. The zero-order valence-electron chi connectivity index (χ0n) is 15.8. The predicted molar refractivity (Wildman–Crippen MR) is 105 cm³/mol. The van der Waals surface area contributed by atoms with Crippen LogP contribution in [0.15, 0.2) is 48.8 Å². The Hall–Kier alpha value is -3.13. The first-order valence-corrected chi connectivity index (χ1v) is 9.76. The largest absolute Gasteiger partial charge is 0.319 e. The normalized spacial score (nSPS) is 20.9. The van der Waals surface area contributed by atoms with Gasteiger partial charge in [0, 0.05) is 50.7 Å². The Morgan fingerprint density at radius 3 is 2.86 bits per heavy atom. The van der Waals surface area contributed by atoms with Crippen molar-refractivity contribution in [2.45, 2.75) is 19.5 Å². The fraction of sp³-hybridized carbons (Fsp3) is 0.333. The molecule has 1 fully saturated rings. The number of amides is 1. The molecule has 148 valence electrons. The molecule has 2 aliphatic heterocycles. The molecule has 0 unspecified atom stereocenters. The molecule has 1 saturated heterocycles. The Labute approximate surface area is 167 Å². The second-order valence-electron chi connectivity index (χ2n) is 7.79. The Balaban J connectivity index is 1.29. The van der Waals surface area contributed by atoms with Crippen LogP contribution in [-0.2, 0) is 19.5 Å². The van der Waals surface area contributed by atoms with Gasteiger partial charge in [0.1, 0.15) is 11.6 Å². The number of carbonyl (C=O) groups is 1. The van der Waals surface area contributed by atoms with Gasteiger partial charge in [-0.3, -0.25) is 14.7 Å². The first-order valence-electron chi connectivity index (χ1n) is 9.76. The van der Waals surface area contributed by atoms with E-state index in [1.807, 2.05) is 16.8 Å². The van der Waals surface area contributed by atoms with Gasteiger partial charge in [0.15, 0.2) is 0 Å². The number of pyridine rings is 1. The standard InChI is InChI=1S/C21H21FN6O/c22-17-4-1-5-18(8-17)24-21(29)20-26-25-19-7-15-11-27(12-16(15)13-28(19)20)10-14-3-2-6-23-9-14/h1-6,8-9,15-16H,7,10-13H2,(H,24,29)/t15-,16-/m0/s1. The number of nitrogens with one attached hydrogen (secondary N) is 1. The molecule has 1 amide bonds. The van der Waals surface area contributed by atoms with Crippen molar-refractivity contribution >= 4 is 11.6 Å². The molecule has 0 radical (unpaired) electrons. The second-order valence-corrected chi connectivity index (χ2v) is 7.79. The highest BCUT2D eigenvalue weighted by atomic mass is 19.1. The summed E-state index contributed by atoms with van der Waals surface area (Å²) in [4.78, 5) is 19.3. The van der Waals surface area contributed by atoms with Gasteiger partial charge in [0.25, 0.3) is 5.91 Å². The van der Waals surface area contributed by atoms with Gasteiger partial charge in [-0.05, 0) is 41.7 Å². The summed E-state index contributed by atoms with van der Waals surface area (Å²) in [6.45, 7) is 3.59. The molecule has 0 aliphatic carbocycles. The van der Waals surface area contributed by atoms with E-state index in [0.717, 1.165) is 38.4 Å². The van der Waals surface area contributed by atoms with Gasteiger partial charge in [-0.1, -0.05) is 12.1 Å². The number of carbonyl (C=O) groups excluding carboxylic acids is 1. The molecule has 7 nitrogen and oxygen atoms in total. The molecular formula is C21H21FN6O. The summed E-state index contributed by atoms with van der Waals surface area (Å²) in [6, 6.07) is 9.89. The Morgan fingerprint density at radius 1 is 1.14 bits per heavy atom. The predicted octanol–water partition coefficient (Wildman–Crippen LogP) is 2.37. The minimum absolute atomic E-state index is 0.286. The second kappa shape index (κ2) is 7.36. The van der Waals surface area contributed by atoms with Crippen molar-refractivity contribution in [2.24, 2.45) is 11.8 Å². The quantitative estimate of drug-likeness (QED) is 0.738. The highest BCUT2D eigenvalue weighted by molar-refractivity contribution is 6.01. The Kier molecular flexibility index (Phi) is 4.55. The van der Waals surface area contributed by atoms with Gasteiger partial charge in [0.05, 0.1) is 0 Å². The average Bonchev–Trinajstić information content (AvgIpc) is 3.29. The van der Waals surface area contributed by atoms with Crippen molar-refractivity contribution in [3.8, 4) is 0 Å². The third-order valence-corrected chi connectivity index (χ3v) is 5.76. The first-order chi connectivity index (χ1) is 14.2. The molecule has 8 heteroatoms. The van der Waals surface area contributed by atoms with Crippen LogP contribution in [0.2, 0.25) is 0 Å². The summed E-state index contributed by atoms with van der Waals surface area (Å²) in [6.07, 6.45) is 4.51. The summed E-state index contributed by atoms with van der Waals surface area (Å²) in [5.74, 6) is 1.34. The van der Waals surface area contributed by atoms with Crippen molar-refractivity contribution in [1.82, 2.24) is 24.6 Å². The Bertz CT molecular complexity index is 1040. The smallest absolute Gasteiger partial charge is 0.293 e. The molecule has 0 bridgehead atoms. The van der Waals surface area contributed by atoms with Crippen molar-refractivity contribution in [3.63, 3.8) is 0 Å². The molecule has 3 aromatic rings. The van der Waals surface area contributed by atoms with Crippen LogP contribution in [0.4, 0.5) is 10.1 Å². The SMILES string of the molecule is O=C(Nc1cccc(F)c1)c1nnc2n1C[C@@H]1CN(Cc3cccnc3)C[C@@H]1C2. The molecular weight excluding hydrogens is 371 g/mol. The van der Waals surface area contributed by atoms with Gasteiger partial charge in [0.2, 0.25) is 5.82 Å². The van der Waals surface area contributed by atoms with Crippen LogP contribution in [0.1, 0.15) is 22.0 Å². The zero-order valence-corrected chi connectivity index (χ0v) is 15.8. The van der Waals surface area contributed by atoms with Crippen LogP contribution in [0.25, 0.3) is 0 Å². The fourth-order valence-corrected chi connectivity index (χ4v) is 4.42. The fourth-order valence-electron chi connectivity index (χ4n) is 4.42. The molecule has 2 aromatic heterocycles. The molecule has 5 rings (SSSR count). The molecule has 0 spiro atoms. The van der Waals surface area contributed by atoms with E-state index in [-0.39, 0.29) is 11.7 Å². The number of halogens is 1.